The summed E-state index contributed by atoms with van der Waals surface area (Å²) in [6.07, 6.45) is 2.61. The van der Waals surface area contributed by atoms with Crippen molar-refractivity contribution in [2.24, 2.45) is 11.3 Å². The monoisotopic (exact) mass is 704 g/mol. The van der Waals surface area contributed by atoms with Gasteiger partial charge < -0.3 is 24.8 Å². The Morgan fingerprint density at radius 2 is 1.09 bits per heavy atom. The third kappa shape index (κ3) is 6.78. The van der Waals surface area contributed by atoms with Gasteiger partial charge in [0.2, 0.25) is 0 Å². The van der Waals surface area contributed by atoms with Crippen molar-refractivity contribution in [3.8, 4) is 11.1 Å². The molecule has 0 bridgehead atoms. The van der Waals surface area contributed by atoms with Crippen LogP contribution in [0.5, 0.6) is 0 Å². The molecule has 2 aliphatic rings. The van der Waals surface area contributed by atoms with Crippen LogP contribution in [0.1, 0.15) is 120 Å². The first-order chi connectivity index (χ1) is 19.4. The Morgan fingerprint density at radius 3 is 1.48 bits per heavy atom. The van der Waals surface area contributed by atoms with E-state index in [2.05, 4.69) is 157 Å². The van der Waals surface area contributed by atoms with Gasteiger partial charge in [-0.25, -0.2) is 0 Å². The van der Waals surface area contributed by atoms with Crippen LogP contribution in [0.2, 0.25) is 0 Å². The number of benzene rings is 3. The topological polar surface area (TPSA) is 0 Å². The molecule has 0 spiro atoms. The second kappa shape index (κ2) is 12.9. The summed E-state index contributed by atoms with van der Waals surface area (Å²) >= 11 is -2.59. The SMILES string of the molecule is CC1=[C](/[Zr+2](=[C](\C)c2ccc(C)cc2)[CH]2c3ccc(C(C)(C)C)cc3-c3cc(C(C)(C)C)ccc32)C(C)C=C1C(C)(C)C.[Cl-].[Cl-]. The van der Waals surface area contributed by atoms with Crippen molar-refractivity contribution >= 4 is 3.21 Å². The first-order valence-electron chi connectivity index (χ1n) is 15.9. The number of hydrogen-bond acceptors (Lipinski definition) is 0. The molecule has 1 unspecified atom stereocenters. The Bertz CT molecular complexity index is 1580. The predicted octanol–water partition coefficient (Wildman–Crippen LogP) is 5.42. The number of fused-ring (bicyclic) bond motifs is 3. The molecule has 0 radical (unpaired) electrons. The Hall–Kier alpha value is -1.53. The van der Waals surface area contributed by atoms with Crippen molar-refractivity contribution in [2.75, 3.05) is 0 Å². The molecule has 0 heterocycles. The molecular weight excluding hydrogens is 655 g/mol. The van der Waals surface area contributed by atoms with E-state index in [1.165, 1.54) is 33.4 Å². The van der Waals surface area contributed by atoms with E-state index < -0.39 is 21.3 Å². The summed E-state index contributed by atoms with van der Waals surface area (Å²) in [7, 11) is 0. The predicted molar refractivity (Wildman–Crippen MR) is 181 cm³/mol. The molecule has 1 atom stereocenters. The van der Waals surface area contributed by atoms with Crippen LogP contribution in [-0.2, 0) is 32.1 Å². The maximum atomic E-state index is 2.61. The van der Waals surface area contributed by atoms with Gasteiger partial charge in [-0.05, 0) is 0 Å². The van der Waals surface area contributed by atoms with Gasteiger partial charge in [-0.3, -0.25) is 0 Å². The molecule has 3 aromatic carbocycles. The summed E-state index contributed by atoms with van der Waals surface area (Å²) in [5, 5.41) is 0. The van der Waals surface area contributed by atoms with Gasteiger partial charge >= 0.3 is 266 Å². The average molecular weight is 707 g/mol. The first kappa shape index (κ1) is 36.9. The molecule has 0 aromatic heterocycles. The minimum absolute atomic E-state index is 0. The molecule has 234 valence electrons. The molecule has 5 rings (SSSR count). The average Bonchev–Trinajstić information content (AvgIpc) is 3.37. The first-order valence-corrected chi connectivity index (χ1v) is 19.8. The van der Waals surface area contributed by atoms with Crippen LogP contribution in [-0.4, -0.2) is 3.21 Å². The minimum Gasteiger partial charge on any atom is -1.00 e. The maximum absolute atomic E-state index is 2.61. The number of rotatable bonds is 3. The standard InChI is InChI=1S/C21H25.C11H17.C9H10.2ClH.Zr/c1-20(2,3)16-9-7-14-11-15-8-10-17(21(4,5)6)13-19(15)18(14)12-16;1-8-6-9(2)10(7-8)11(3,4)5;1-3-9-6-4-8(2)5-7-9;;;/h7-13H,1-6H3;7-8H,1-5H3;4-7H,1-2H3;2*1H;/q;;;;;+2/p-2. The molecule has 3 aromatic rings. The van der Waals surface area contributed by atoms with Crippen molar-refractivity contribution in [3.05, 3.63) is 115 Å². The van der Waals surface area contributed by atoms with Crippen molar-refractivity contribution in [2.45, 2.75) is 104 Å². The van der Waals surface area contributed by atoms with E-state index in [-0.39, 0.29) is 41.1 Å². The van der Waals surface area contributed by atoms with E-state index in [0.29, 0.717) is 9.54 Å². The van der Waals surface area contributed by atoms with Crippen LogP contribution < -0.4 is 24.8 Å². The summed E-state index contributed by atoms with van der Waals surface area (Å²) in [5.41, 5.74) is 15.3. The molecular formula is C41H52Cl2Zr. The smallest absolute Gasteiger partial charge is 1.00 e. The Kier molecular flexibility index (Phi) is 10.9. The van der Waals surface area contributed by atoms with Crippen molar-refractivity contribution < 1.29 is 46.1 Å². The van der Waals surface area contributed by atoms with Crippen LogP contribution in [0.4, 0.5) is 0 Å². The van der Waals surface area contributed by atoms with Gasteiger partial charge in [0, 0.05) is 0 Å². The van der Waals surface area contributed by atoms with E-state index >= 15 is 0 Å². The molecule has 0 N–H and O–H groups in total. The van der Waals surface area contributed by atoms with E-state index in [0.717, 1.165) is 0 Å². The van der Waals surface area contributed by atoms with Crippen LogP contribution in [0.15, 0.2) is 81.2 Å². The van der Waals surface area contributed by atoms with E-state index in [4.69, 9.17) is 0 Å². The molecule has 44 heavy (non-hydrogen) atoms. The number of aryl methyl sites for hydroxylation is 1. The maximum Gasteiger partial charge on any atom is -1.00 e. The van der Waals surface area contributed by atoms with Gasteiger partial charge in [0.05, 0.1) is 0 Å². The molecule has 0 saturated heterocycles. The van der Waals surface area contributed by atoms with E-state index in [1.807, 2.05) is 0 Å². The van der Waals surface area contributed by atoms with Gasteiger partial charge in [-0.15, -0.1) is 0 Å². The fourth-order valence-electron chi connectivity index (χ4n) is 7.23. The Morgan fingerprint density at radius 1 is 0.636 bits per heavy atom. The summed E-state index contributed by atoms with van der Waals surface area (Å²) in [6.45, 7) is 30.9. The van der Waals surface area contributed by atoms with Crippen LogP contribution in [0.3, 0.4) is 0 Å². The number of halogens is 2. The fraction of sp³-hybridized carbons (Fsp3) is 0.439. The summed E-state index contributed by atoms with van der Waals surface area (Å²) in [6, 6.07) is 24.4. The van der Waals surface area contributed by atoms with Crippen molar-refractivity contribution in [1.29, 1.82) is 0 Å². The van der Waals surface area contributed by atoms with Gasteiger partial charge in [0.15, 0.2) is 0 Å². The Labute approximate surface area is 288 Å². The van der Waals surface area contributed by atoms with Crippen LogP contribution >= 0.6 is 0 Å². The zero-order valence-corrected chi connectivity index (χ0v) is 33.2. The van der Waals surface area contributed by atoms with E-state index in [9.17, 15) is 0 Å². The quantitative estimate of drug-likeness (QED) is 0.342. The molecule has 0 fully saturated rings. The second-order valence-electron chi connectivity index (χ2n) is 16.1. The minimum atomic E-state index is -2.59. The second-order valence-corrected chi connectivity index (χ2v) is 22.7. The zero-order chi connectivity index (χ0) is 30.9. The third-order valence-corrected chi connectivity index (χ3v) is 18.8. The largest absolute Gasteiger partial charge is 1.00 e. The number of hydrogen-bond donors (Lipinski definition) is 0. The molecule has 0 amide bonds. The van der Waals surface area contributed by atoms with Gasteiger partial charge in [0.25, 0.3) is 0 Å². The van der Waals surface area contributed by atoms with Crippen LogP contribution in [0, 0.1) is 18.3 Å². The fourth-order valence-corrected chi connectivity index (χ4v) is 16.7. The summed E-state index contributed by atoms with van der Waals surface area (Å²) in [5.74, 6) is 0.490. The summed E-state index contributed by atoms with van der Waals surface area (Å²) < 4.78 is 3.94. The van der Waals surface area contributed by atoms with Crippen molar-refractivity contribution in [1.82, 2.24) is 0 Å². The number of allylic oxidation sites excluding steroid dienone is 4. The zero-order valence-electron chi connectivity index (χ0n) is 29.3. The van der Waals surface area contributed by atoms with Gasteiger partial charge in [-0.2, -0.15) is 0 Å². The molecule has 0 nitrogen and oxygen atoms in total. The third-order valence-electron chi connectivity index (χ3n) is 9.71. The van der Waals surface area contributed by atoms with Gasteiger partial charge in [-0.1, -0.05) is 0 Å². The molecule has 3 heteroatoms. The van der Waals surface area contributed by atoms with Crippen LogP contribution in [0.25, 0.3) is 11.1 Å². The molecule has 2 aliphatic carbocycles. The molecule has 0 saturated carbocycles. The summed E-state index contributed by atoms with van der Waals surface area (Å²) in [4.78, 5) is 0. The Balaban J connectivity index is 0.00000264. The van der Waals surface area contributed by atoms with E-state index in [1.54, 1.807) is 28.8 Å². The van der Waals surface area contributed by atoms with Crippen molar-refractivity contribution in [3.63, 3.8) is 0 Å². The normalized spacial score (nSPS) is 17.0. The van der Waals surface area contributed by atoms with Gasteiger partial charge in [0.1, 0.15) is 0 Å². The molecule has 0 aliphatic heterocycles.